The van der Waals surface area contributed by atoms with E-state index in [1.54, 1.807) is 6.20 Å². The van der Waals surface area contributed by atoms with E-state index in [9.17, 15) is 0 Å². The van der Waals surface area contributed by atoms with Crippen LogP contribution in [-0.4, -0.2) is 4.98 Å². The maximum atomic E-state index is 5.61. The minimum atomic E-state index is 0.544. The molecule has 0 saturated carbocycles. The highest BCUT2D eigenvalue weighted by molar-refractivity contribution is 9.10. The Morgan fingerprint density at radius 2 is 2.18 bits per heavy atom. The van der Waals surface area contributed by atoms with E-state index in [0.717, 1.165) is 27.1 Å². The molecule has 0 unspecified atom stereocenters. The van der Waals surface area contributed by atoms with E-state index in [0.29, 0.717) is 6.54 Å². The zero-order valence-corrected chi connectivity index (χ0v) is 11.2. The molecule has 2 aromatic rings. The van der Waals surface area contributed by atoms with Gasteiger partial charge < -0.3 is 11.1 Å². The van der Waals surface area contributed by atoms with E-state index in [2.05, 4.69) is 26.2 Å². The van der Waals surface area contributed by atoms with Crippen molar-refractivity contribution in [2.24, 2.45) is 5.73 Å². The first-order valence-electron chi connectivity index (χ1n) is 5.37. The smallest absolute Gasteiger partial charge is 0.133 e. The van der Waals surface area contributed by atoms with Crippen LogP contribution in [0.3, 0.4) is 0 Å². The normalized spacial score (nSPS) is 10.3. The Balaban J connectivity index is 2.25. The van der Waals surface area contributed by atoms with Gasteiger partial charge in [0.25, 0.3) is 0 Å². The average molecular weight is 292 g/mol. The molecule has 0 fully saturated rings. The Hall–Kier alpha value is -1.39. The predicted octanol–water partition coefficient (Wildman–Crippen LogP) is 3.35. The first-order chi connectivity index (χ1) is 8.19. The van der Waals surface area contributed by atoms with Crippen molar-refractivity contribution in [3.05, 3.63) is 52.1 Å². The van der Waals surface area contributed by atoms with Gasteiger partial charge in [0.1, 0.15) is 5.82 Å². The second kappa shape index (κ2) is 5.29. The molecule has 17 heavy (non-hydrogen) atoms. The lowest BCUT2D eigenvalue weighted by Gasteiger charge is -2.09. The maximum Gasteiger partial charge on any atom is 0.133 e. The highest BCUT2D eigenvalue weighted by Crippen LogP contribution is 2.21. The molecule has 1 aromatic carbocycles. The topological polar surface area (TPSA) is 50.9 Å². The summed E-state index contributed by atoms with van der Waals surface area (Å²) in [4.78, 5) is 4.34. The Kier molecular flexibility index (Phi) is 3.76. The van der Waals surface area contributed by atoms with Crippen molar-refractivity contribution in [2.45, 2.75) is 13.5 Å². The monoisotopic (exact) mass is 291 g/mol. The van der Waals surface area contributed by atoms with Crippen LogP contribution >= 0.6 is 15.9 Å². The van der Waals surface area contributed by atoms with Crippen molar-refractivity contribution >= 4 is 27.4 Å². The molecule has 0 atom stereocenters. The number of benzene rings is 1. The molecular formula is C13H14BrN3. The number of nitrogens with zero attached hydrogens (tertiary/aromatic N) is 1. The summed E-state index contributed by atoms with van der Waals surface area (Å²) >= 11 is 3.40. The Bertz CT molecular complexity index is 526. The van der Waals surface area contributed by atoms with Gasteiger partial charge >= 0.3 is 0 Å². The van der Waals surface area contributed by atoms with Gasteiger partial charge in [-0.25, -0.2) is 4.98 Å². The predicted molar refractivity (Wildman–Crippen MR) is 74.3 cm³/mol. The first-order valence-corrected chi connectivity index (χ1v) is 6.16. The molecule has 0 spiro atoms. The van der Waals surface area contributed by atoms with Gasteiger partial charge in [-0.2, -0.15) is 0 Å². The third-order valence-corrected chi connectivity index (χ3v) is 2.90. The second-order valence-electron chi connectivity index (χ2n) is 3.85. The SMILES string of the molecule is Cc1cc(Br)cnc1Nc1cccc(CN)c1. The van der Waals surface area contributed by atoms with E-state index in [-0.39, 0.29) is 0 Å². The van der Waals surface area contributed by atoms with Crippen molar-refractivity contribution in [1.29, 1.82) is 0 Å². The zero-order valence-electron chi connectivity index (χ0n) is 9.57. The van der Waals surface area contributed by atoms with Crippen LogP contribution in [0.15, 0.2) is 41.0 Å². The van der Waals surface area contributed by atoms with Gasteiger partial charge in [-0.05, 0) is 52.2 Å². The van der Waals surface area contributed by atoms with E-state index < -0.39 is 0 Å². The number of aryl methyl sites for hydroxylation is 1. The van der Waals surface area contributed by atoms with Crippen molar-refractivity contribution in [3.63, 3.8) is 0 Å². The minimum absolute atomic E-state index is 0.544. The maximum absolute atomic E-state index is 5.61. The number of rotatable bonds is 3. The number of aromatic nitrogens is 1. The van der Waals surface area contributed by atoms with E-state index in [4.69, 9.17) is 5.73 Å². The van der Waals surface area contributed by atoms with Gasteiger partial charge in [0.2, 0.25) is 0 Å². The molecule has 88 valence electrons. The third kappa shape index (κ3) is 3.05. The summed E-state index contributed by atoms with van der Waals surface area (Å²) in [5.41, 5.74) is 8.81. The summed E-state index contributed by atoms with van der Waals surface area (Å²) in [7, 11) is 0. The number of nitrogens with two attached hydrogens (primary N) is 1. The fraction of sp³-hybridized carbons (Fsp3) is 0.154. The summed E-state index contributed by atoms with van der Waals surface area (Å²) in [6.07, 6.45) is 1.78. The van der Waals surface area contributed by atoms with Crippen LogP contribution in [0, 0.1) is 6.92 Å². The molecule has 0 saturated heterocycles. The lowest BCUT2D eigenvalue weighted by molar-refractivity contribution is 1.07. The zero-order chi connectivity index (χ0) is 12.3. The van der Waals surface area contributed by atoms with E-state index in [1.807, 2.05) is 37.3 Å². The van der Waals surface area contributed by atoms with Gasteiger partial charge in [-0.15, -0.1) is 0 Å². The second-order valence-corrected chi connectivity index (χ2v) is 4.76. The van der Waals surface area contributed by atoms with Crippen LogP contribution in [0.4, 0.5) is 11.5 Å². The molecule has 0 bridgehead atoms. The molecule has 0 aliphatic carbocycles. The van der Waals surface area contributed by atoms with Crippen molar-refractivity contribution in [3.8, 4) is 0 Å². The van der Waals surface area contributed by atoms with E-state index >= 15 is 0 Å². The van der Waals surface area contributed by atoms with Gasteiger partial charge in [0.15, 0.2) is 0 Å². The summed E-state index contributed by atoms with van der Waals surface area (Å²) in [6, 6.07) is 10.1. The molecule has 0 aliphatic rings. The van der Waals surface area contributed by atoms with Crippen LogP contribution in [0.1, 0.15) is 11.1 Å². The average Bonchev–Trinajstić information content (AvgIpc) is 2.33. The fourth-order valence-corrected chi connectivity index (χ4v) is 2.03. The van der Waals surface area contributed by atoms with Gasteiger partial charge in [-0.1, -0.05) is 12.1 Å². The molecule has 1 heterocycles. The number of hydrogen-bond acceptors (Lipinski definition) is 3. The van der Waals surface area contributed by atoms with Crippen LogP contribution in [0.5, 0.6) is 0 Å². The Morgan fingerprint density at radius 1 is 1.35 bits per heavy atom. The van der Waals surface area contributed by atoms with Crippen molar-refractivity contribution < 1.29 is 0 Å². The molecule has 2 rings (SSSR count). The lowest BCUT2D eigenvalue weighted by Crippen LogP contribution is -1.99. The standard InChI is InChI=1S/C13H14BrN3/c1-9-5-11(14)8-16-13(9)17-12-4-2-3-10(6-12)7-15/h2-6,8H,7,15H2,1H3,(H,16,17). The Morgan fingerprint density at radius 3 is 2.88 bits per heavy atom. The van der Waals surface area contributed by atoms with Crippen LogP contribution < -0.4 is 11.1 Å². The number of nitrogens with one attached hydrogen (secondary N) is 1. The van der Waals surface area contributed by atoms with Crippen molar-refractivity contribution in [1.82, 2.24) is 4.98 Å². The van der Waals surface area contributed by atoms with Gasteiger partial charge in [0, 0.05) is 22.9 Å². The largest absolute Gasteiger partial charge is 0.340 e. The number of pyridine rings is 1. The molecule has 0 amide bonds. The highest BCUT2D eigenvalue weighted by atomic mass is 79.9. The van der Waals surface area contributed by atoms with Crippen LogP contribution in [0.2, 0.25) is 0 Å². The highest BCUT2D eigenvalue weighted by Gasteiger charge is 2.01. The van der Waals surface area contributed by atoms with Gasteiger partial charge in [-0.3, -0.25) is 0 Å². The molecule has 0 radical (unpaired) electrons. The van der Waals surface area contributed by atoms with Crippen LogP contribution in [0.25, 0.3) is 0 Å². The number of hydrogen-bond donors (Lipinski definition) is 2. The number of halogens is 1. The minimum Gasteiger partial charge on any atom is -0.340 e. The fourth-order valence-electron chi connectivity index (χ4n) is 1.58. The molecular weight excluding hydrogens is 278 g/mol. The van der Waals surface area contributed by atoms with E-state index in [1.165, 1.54) is 0 Å². The molecule has 4 heteroatoms. The van der Waals surface area contributed by atoms with Crippen LogP contribution in [-0.2, 0) is 6.54 Å². The Labute approximate surface area is 109 Å². The summed E-state index contributed by atoms with van der Waals surface area (Å²) < 4.78 is 0.983. The number of anilines is 2. The lowest BCUT2D eigenvalue weighted by atomic mass is 10.2. The summed E-state index contributed by atoms with van der Waals surface area (Å²) in [5, 5.41) is 3.29. The quantitative estimate of drug-likeness (QED) is 0.912. The molecule has 0 aliphatic heterocycles. The molecule has 1 aromatic heterocycles. The summed E-state index contributed by atoms with van der Waals surface area (Å²) in [5.74, 6) is 0.863. The summed E-state index contributed by atoms with van der Waals surface area (Å²) in [6.45, 7) is 2.56. The first kappa shape index (κ1) is 12.1. The molecule has 3 nitrogen and oxygen atoms in total. The molecule has 3 N–H and O–H groups in total. The third-order valence-electron chi connectivity index (χ3n) is 2.47. The van der Waals surface area contributed by atoms with Crippen molar-refractivity contribution in [2.75, 3.05) is 5.32 Å². The van der Waals surface area contributed by atoms with Gasteiger partial charge in [0.05, 0.1) is 0 Å².